The first-order chi connectivity index (χ1) is 20.6. The topological polar surface area (TPSA) is 192 Å². The van der Waals surface area contributed by atoms with Crippen LogP contribution in [-0.4, -0.2) is 81.6 Å². The molecule has 4 rings (SSSR count). The van der Waals surface area contributed by atoms with Gasteiger partial charge in [0, 0.05) is 0 Å². The minimum absolute atomic E-state index is 0.159. The molecule has 0 bridgehead atoms. The normalized spacial score (nSPS) is 24.1. The Kier molecular flexibility index (Phi) is 10.5. The molecule has 43 heavy (non-hydrogen) atoms. The van der Waals surface area contributed by atoms with Crippen molar-refractivity contribution in [2.45, 2.75) is 63.6 Å². The molecule has 5 N–H and O–H groups in total. The number of para-hydroxylation sites is 1. The van der Waals surface area contributed by atoms with Gasteiger partial charge in [-0.05, 0) is 43.8 Å². The lowest BCUT2D eigenvalue weighted by Crippen LogP contribution is -2.44. The Bertz CT molecular complexity index is 1440. The van der Waals surface area contributed by atoms with Crippen LogP contribution in [0.2, 0.25) is 0 Å². The van der Waals surface area contributed by atoms with Crippen LogP contribution in [-0.2, 0) is 29.0 Å². The maximum Gasteiger partial charge on any atom is 0.459 e. The number of aromatic nitrogens is 3. The number of hydrogen-bond acceptors (Lipinski definition) is 12. The molecule has 2 unspecified atom stereocenters. The number of aliphatic hydroxyl groups excluding tert-OH is 2. The van der Waals surface area contributed by atoms with Crippen LogP contribution in [0.5, 0.6) is 5.75 Å². The number of carbonyl (C=O) groups is 1. The molecule has 0 aliphatic carbocycles. The van der Waals surface area contributed by atoms with Gasteiger partial charge in [-0.1, -0.05) is 44.9 Å². The molecule has 14 nitrogen and oxygen atoms in total. The summed E-state index contributed by atoms with van der Waals surface area (Å²) >= 11 is 0. The summed E-state index contributed by atoms with van der Waals surface area (Å²) in [5, 5.41) is 29.2. The van der Waals surface area contributed by atoms with Crippen LogP contribution >= 0.6 is 7.75 Å². The smallest absolute Gasteiger partial charge is 0.459 e. The minimum Gasteiger partial charge on any atom is -0.464 e. The van der Waals surface area contributed by atoms with Gasteiger partial charge in [0.2, 0.25) is 0 Å². The van der Waals surface area contributed by atoms with E-state index in [9.17, 15) is 19.6 Å². The largest absolute Gasteiger partial charge is 0.464 e. The number of carbonyl (C=O) groups excluding carboxylic acids is 1. The quantitative estimate of drug-likeness (QED) is 0.111. The van der Waals surface area contributed by atoms with Gasteiger partial charge in [-0.25, -0.2) is 14.1 Å². The van der Waals surface area contributed by atoms with Crippen LogP contribution in [0.1, 0.15) is 39.3 Å². The lowest BCUT2D eigenvalue weighted by molar-refractivity contribution is -0.146. The van der Waals surface area contributed by atoms with Gasteiger partial charge in [0.15, 0.2) is 11.4 Å². The first kappa shape index (κ1) is 32.5. The number of aliphatic imine (C=N–C) groups is 1. The number of nitrogens with one attached hydrogen (secondary N) is 1. The minimum atomic E-state index is -4.28. The number of benzene rings is 1. The van der Waals surface area contributed by atoms with E-state index in [0.717, 1.165) is 12.8 Å². The SMILES string of the molecule is C=NC[C@@]1(c2ccc3c(N)ncnn23)OC(COP(=O)(N[C@@H](C)C(=O)OCC(CC)CC)Oc2ccccc2)[C@@H](O)[C@H]1O. The van der Waals surface area contributed by atoms with Crippen molar-refractivity contribution < 1.29 is 38.1 Å². The molecule has 3 aromatic rings. The Balaban J connectivity index is 1.55. The lowest BCUT2D eigenvalue weighted by atomic mass is 9.91. The van der Waals surface area contributed by atoms with Gasteiger partial charge in [-0.3, -0.25) is 14.3 Å². The molecular formula is C28H39N6O8P. The Morgan fingerprint density at radius 2 is 1.98 bits per heavy atom. The molecular weight excluding hydrogens is 579 g/mol. The molecule has 2 aromatic heterocycles. The lowest BCUT2D eigenvalue weighted by Gasteiger charge is -2.30. The van der Waals surface area contributed by atoms with Gasteiger partial charge in [0.1, 0.15) is 41.9 Å². The molecule has 1 saturated heterocycles. The molecule has 15 heteroatoms. The van der Waals surface area contributed by atoms with E-state index in [1.54, 1.807) is 42.5 Å². The summed E-state index contributed by atoms with van der Waals surface area (Å²) in [6, 6.07) is 10.5. The Morgan fingerprint density at radius 3 is 2.65 bits per heavy atom. The average molecular weight is 619 g/mol. The fraction of sp³-hybridized carbons (Fsp3) is 0.500. The predicted molar refractivity (Wildman–Crippen MR) is 159 cm³/mol. The number of hydrogen-bond donors (Lipinski definition) is 4. The van der Waals surface area contributed by atoms with E-state index in [1.165, 1.54) is 17.8 Å². The molecule has 1 aromatic carbocycles. The Labute approximate surface area is 249 Å². The highest BCUT2D eigenvalue weighted by molar-refractivity contribution is 7.52. The van der Waals surface area contributed by atoms with Gasteiger partial charge < -0.3 is 29.9 Å². The van der Waals surface area contributed by atoms with E-state index in [2.05, 4.69) is 26.9 Å². The van der Waals surface area contributed by atoms with Crippen molar-refractivity contribution in [3.63, 3.8) is 0 Å². The van der Waals surface area contributed by atoms with Crippen molar-refractivity contribution >= 4 is 31.8 Å². The summed E-state index contributed by atoms with van der Waals surface area (Å²) in [5.41, 5.74) is 5.17. The van der Waals surface area contributed by atoms with E-state index in [0.29, 0.717) is 11.2 Å². The maximum absolute atomic E-state index is 14.0. The van der Waals surface area contributed by atoms with Crippen LogP contribution in [0.25, 0.3) is 5.52 Å². The third-order valence-corrected chi connectivity index (χ3v) is 9.15. The van der Waals surface area contributed by atoms with E-state index < -0.39 is 50.3 Å². The van der Waals surface area contributed by atoms with Crippen LogP contribution in [0.15, 0.2) is 53.8 Å². The second kappa shape index (κ2) is 13.9. The Morgan fingerprint density at radius 1 is 1.26 bits per heavy atom. The highest BCUT2D eigenvalue weighted by atomic mass is 31.2. The number of nitrogens with zero attached hydrogens (tertiary/aromatic N) is 4. The van der Waals surface area contributed by atoms with Crippen LogP contribution in [0.4, 0.5) is 5.82 Å². The first-order valence-electron chi connectivity index (χ1n) is 14.1. The van der Waals surface area contributed by atoms with E-state index in [1.807, 2.05) is 13.8 Å². The second-order valence-corrected chi connectivity index (χ2v) is 12.1. The molecule has 0 saturated carbocycles. The number of esters is 1. The highest BCUT2D eigenvalue weighted by Crippen LogP contribution is 2.47. The van der Waals surface area contributed by atoms with Crippen molar-refractivity contribution in [2.24, 2.45) is 10.9 Å². The summed E-state index contributed by atoms with van der Waals surface area (Å²) < 4.78 is 38.5. The summed E-state index contributed by atoms with van der Waals surface area (Å²) in [7, 11) is -4.28. The van der Waals surface area contributed by atoms with Crippen LogP contribution < -0.4 is 15.3 Å². The van der Waals surface area contributed by atoms with Gasteiger partial charge in [0.25, 0.3) is 0 Å². The fourth-order valence-electron chi connectivity index (χ4n) is 4.91. The molecule has 1 aliphatic rings. The zero-order valence-corrected chi connectivity index (χ0v) is 25.3. The van der Waals surface area contributed by atoms with Crippen molar-refractivity contribution in [2.75, 3.05) is 25.5 Å². The van der Waals surface area contributed by atoms with E-state index in [4.69, 9.17) is 24.3 Å². The molecule has 6 atom stereocenters. The van der Waals surface area contributed by atoms with Gasteiger partial charge >= 0.3 is 13.7 Å². The van der Waals surface area contributed by atoms with Crippen molar-refractivity contribution in [1.29, 1.82) is 0 Å². The second-order valence-electron chi connectivity index (χ2n) is 10.4. The standard InChI is InChI=1S/C28H39N6O8P/c1-5-19(6-2)14-39-27(37)18(3)33-43(38,42-20-10-8-7-9-11-20)40-15-22-24(35)25(36)28(41-22,16-30-4)23-13-12-21-26(29)31-17-32-34(21)23/h7-13,17-19,22,24-25,35-36H,4-6,14-16H2,1-3H3,(H,33,38)(H2,29,31,32)/t18-,22?,24+,25+,28-,43?/m0/s1. The predicted octanol–water partition coefficient (Wildman–Crippen LogP) is 2.49. The van der Waals surface area contributed by atoms with Crippen LogP contribution in [0, 0.1) is 5.92 Å². The molecule has 234 valence electrons. The fourth-order valence-corrected chi connectivity index (χ4v) is 6.41. The molecule has 3 heterocycles. The number of aliphatic hydroxyl groups is 2. The van der Waals surface area contributed by atoms with E-state index in [-0.39, 0.29) is 30.6 Å². The van der Waals surface area contributed by atoms with Crippen LogP contribution in [0.3, 0.4) is 0 Å². The van der Waals surface area contributed by atoms with Gasteiger partial charge in [-0.15, -0.1) is 0 Å². The number of nitrogens with two attached hydrogens (primary N) is 1. The first-order valence-corrected chi connectivity index (χ1v) is 15.6. The van der Waals surface area contributed by atoms with Gasteiger partial charge in [0.05, 0.1) is 25.5 Å². The Hall–Kier alpha value is -3.39. The highest BCUT2D eigenvalue weighted by Gasteiger charge is 2.57. The third kappa shape index (κ3) is 7.06. The average Bonchev–Trinajstić information content (AvgIpc) is 3.54. The molecule has 0 radical (unpaired) electrons. The zero-order valence-electron chi connectivity index (χ0n) is 24.4. The van der Waals surface area contributed by atoms with Gasteiger partial charge in [-0.2, -0.15) is 10.2 Å². The third-order valence-electron chi connectivity index (χ3n) is 7.50. The number of anilines is 1. The molecule has 1 fully saturated rings. The number of ether oxygens (including phenoxy) is 2. The number of nitrogen functional groups attached to an aromatic ring is 1. The molecule has 0 spiro atoms. The zero-order chi connectivity index (χ0) is 31.2. The monoisotopic (exact) mass is 618 g/mol. The summed E-state index contributed by atoms with van der Waals surface area (Å²) in [6.45, 7) is 8.62. The number of fused-ring (bicyclic) bond motifs is 1. The van der Waals surface area contributed by atoms with E-state index >= 15 is 0 Å². The maximum atomic E-state index is 14.0. The van der Waals surface area contributed by atoms with Crippen molar-refractivity contribution in [3.05, 3.63) is 54.5 Å². The van der Waals surface area contributed by atoms with Crippen molar-refractivity contribution in [3.8, 4) is 5.75 Å². The molecule has 1 aliphatic heterocycles. The summed E-state index contributed by atoms with van der Waals surface area (Å²) in [4.78, 5) is 20.6. The van der Waals surface area contributed by atoms with Crippen molar-refractivity contribution in [1.82, 2.24) is 19.7 Å². The molecule has 0 amide bonds. The number of rotatable bonds is 15. The summed E-state index contributed by atoms with van der Waals surface area (Å²) in [5.74, 6) is -0.00459. The summed E-state index contributed by atoms with van der Waals surface area (Å²) in [6.07, 6.45) is -1.27.